The van der Waals surface area contributed by atoms with Crippen LogP contribution in [0.2, 0.25) is 10.0 Å². The van der Waals surface area contributed by atoms with Crippen LogP contribution in [0, 0.1) is 19.8 Å². The summed E-state index contributed by atoms with van der Waals surface area (Å²) < 4.78 is 2.02. The molecule has 0 aliphatic heterocycles. The van der Waals surface area contributed by atoms with Gasteiger partial charge in [-0.3, -0.25) is 14.3 Å². The maximum absolute atomic E-state index is 12.9. The number of benzene rings is 1. The predicted octanol–water partition coefficient (Wildman–Crippen LogP) is 5.27. The van der Waals surface area contributed by atoms with Crippen molar-refractivity contribution in [2.45, 2.75) is 60.4 Å². The summed E-state index contributed by atoms with van der Waals surface area (Å²) in [6.07, 6.45) is 1.71. The third-order valence-corrected chi connectivity index (χ3v) is 5.61. The number of nitrogens with one attached hydrogen (secondary N) is 1. The number of rotatable bonds is 10. The highest BCUT2D eigenvalue weighted by Crippen LogP contribution is 2.25. The Balaban J connectivity index is 2.01. The van der Waals surface area contributed by atoms with Gasteiger partial charge in [0.05, 0.1) is 22.9 Å². The van der Waals surface area contributed by atoms with Crippen molar-refractivity contribution in [1.82, 2.24) is 14.7 Å². The molecule has 0 saturated carbocycles. The van der Waals surface area contributed by atoms with Gasteiger partial charge in [0.2, 0.25) is 11.8 Å². The highest BCUT2D eigenvalue weighted by Gasteiger charge is 2.19. The van der Waals surface area contributed by atoms with Gasteiger partial charge < -0.3 is 10.2 Å². The Morgan fingerprint density at radius 3 is 2.58 bits per heavy atom. The number of carbonyl (C=O) groups excluding carboxylic acids is 2. The first-order valence-electron chi connectivity index (χ1n) is 10.7. The molecule has 1 N–H and O–H groups in total. The molecule has 2 amide bonds. The van der Waals surface area contributed by atoms with Crippen LogP contribution in [0.15, 0.2) is 18.2 Å². The largest absolute Gasteiger partial charge is 0.333 e. The zero-order valence-electron chi connectivity index (χ0n) is 19.0. The predicted molar refractivity (Wildman–Crippen MR) is 127 cm³/mol. The molecule has 1 aromatic heterocycles. The summed E-state index contributed by atoms with van der Waals surface area (Å²) in [5.74, 6) is 0.145. The average Bonchev–Trinajstić information content (AvgIpc) is 2.94. The molecule has 0 atom stereocenters. The fourth-order valence-corrected chi connectivity index (χ4v) is 3.86. The van der Waals surface area contributed by atoms with Gasteiger partial charge in [-0.1, -0.05) is 44.0 Å². The molecule has 0 aliphatic carbocycles. The molecule has 1 aromatic carbocycles. The summed E-state index contributed by atoms with van der Waals surface area (Å²) in [5.41, 5.74) is 3.61. The molecule has 0 aliphatic rings. The molecule has 0 spiro atoms. The van der Waals surface area contributed by atoms with Gasteiger partial charge in [0.25, 0.3) is 0 Å². The zero-order valence-corrected chi connectivity index (χ0v) is 20.5. The lowest BCUT2D eigenvalue weighted by molar-refractivity contribution is -0.134. The maximum atomic E-state index is 12.9. The minimum absolute atomic E-state index is 0.0277. The smallest absolute Gasteiger partial charge is 0.244 e. The van der Waals surface area contributed by atoms with E-state index >= 15 is 0 Å². The van der Waals surface area contributed by atoms with Crippen molar-refractivity contribution in [3.8, 4) is 0 Å². The van der Waals surface area contributed by atoms with E-state index in [0.717, 1.165) is 29.9 Å². The van der Waals surface area contributed by atoms with E-state index in [4.69, 9.17) is 23.2 Å². The lowest BCUT2D eigenvalue weighted by atomic mass is 10.1. The first kappa shape index (κ1) is 25.2. The van der Waals surface area contributed by atoms with Crippen LogP contribution in [-0.2, 0) is 22.6 Å². The van der Waals surface area contributed by atoms with Crippen LogP contribution in [0.25, 0.3) is 0 Å². The Hall–Kier alpha value is -2.05. The Labute approximate surface area is 194 Å². The van der Waals surface area contributed by atoms with Crippen LogP contribution in [-0.4, -0.2) is 39.6 Å². The molecule has 2 aromatic rings. The molecular weight excluding hydrogens is 435 g/mol. The van der Waals surface area contributed by atoms with Gasteiger partial charge in [-0.2, -0.15) is 5.10 Å². The van der Waals surface area contributed by atoms with E-state index in [1.165, 1.54) is 0 Å². The Bertz CT molecular complexity index is 925. The lowest BCUT2D eigenvalue weighted by Crippen LogP contribution is -2.38. The highest BCUT2D eigenvalue weighted by atomic mass is 35.5. The van der Waals surface area contributed by atoms with E-state index < -0.39 is 0 Å². The van der Waals surface area contributed by atoms with Crippen LogP contribution >= 0.6 is 23.2 Å². The SMILES string of the molecule is CCCN(CC(=O)Nc1cc(Cl)ccc1Cl)C(=O)CCc1c(C)nn(CC(C)C)c1C. The molecule has 0 saturated heterocycles. The summed E-state index contributed by atoms with van der Waals surface area (Å²) in [5, 5.41) is 8.25. The van der Waals surface area contributed by atoms with Gasteiger partial charge in [-0.25, -0.2) is 0 Å². The summed E-state index contributed by atoms with van der Waals surface area (Å²) in [4.78, 5) is 27.0. The molecule has 8 heteroatoms. The van der Waals surface area contributed by atoms with Crippen molar-refractivity contribution in [3.63, 3.8) is 0 Å². The van der Waals surface area contributed by atoms with Crippen LogP contribution in [0.4, 0.5) is 5.69 Å². The number of aromatic nitrogens is 2. The second-order valence-electron chi connectivity index (χ2n) is 8.21. The molecule has 31 heavy (non-hydrogen) atoms. The van der Waals surface area contributed by atoms with Crippen LogP contribution in [0.3, 0.4) is 0 Å². The van der Waals surface area contributed by atoms with E-state index in [1.54, 1.807) is 23.1 Å². The molecule has 0 bridgehead atoms. The molecule has 170 valence electrons. The lowest BCUT2D eigenvalue weighted by Gasteiger charge is -2.22. The molecule has 1 heterocycles. The monoisotopic (exact) mass is 466 g/mol. The zero-order chi connectivity index (χ0) is 23.1. The number of anilines is 1. The number of hydrogen-bond acceptors (Lipinski definition) is 3. The van der Waals surface area contributed by atoms with Crippen molar-refractivity contribution in [2.75, 3.05) is 18.4 Å². The van der Waals surface area contributed by atoms with Crippen LogP contribution < -0.4 is 5.32 Å². The number of halogens is 2. The fraction of sp³-hybridized carbons (Fsp3) is 0.522. The summed E-state index contributed by atoms with van der Waals surface area (Å²) in [6, 6.07) is 4.87. The van der Waals surface area contributed by atoms with Gasteiger partial charge >= 0.3 is 0 Å². The quantitative estimate of drug-likeness (QED) is 0.518. The van der Waals surface area contributed by atoms with Crippen LogP contribution in [0.1, 0.15) is 50.6 Å². The minimum atomic E-state index is -0.303. The molecule has 6 nitrogen and oxygen atoms in total. The Kier molecular flexibility index (Phi) is 9.38. The summed E-state index contributed by atoms with van der Waals surface area (Å²) >= 11 is 12.1. The fourth-order valence-electron chi connectivity index (χ4n) is 3.53. The third-order valence-electron chi connectivity index (χ3n) is 5.04. The minimum Gasteiger partial charge on any atom is -0.333 e. The second-order valence-corrected chi connectivity index (χ2v) is 9.06. The average molecular weight is 467 g/mol. The molecular formula is C23H32Cl2N4O2. The van der Waals surface area contributed by atoms with E-state index in [-0.39, 0.29) is 18.4 Å². The van der Waals surface area contributed by atoms with Gasteiger partial charge in [-0.05, 0) is 56.4 Å². The molecule has 0 fully saturated rings. The van der Waals surface area contributed by atoms with Crippen molar-refractivity contribution in [3.05, 3.63) is 45.2 Å². The van der Waals surface area contributed by atoms with Crippen molar-refractivity contribution < 1.29 is 9.59 Å². The second kappa shape index (κ2) is 11.5. The van der Waals surface area contributed by atoms with Gasteiger partial charge in [0.15, 0.2) is 0 Å². The molecule has 0 radical (unpaired) electrons. The van der Waals surface area contributed by atoms with Crippen LogP contribution in [0.5, 0.6) is 0 Å². The number of carbonyl (C=O) groups is 2. The summed E-state index contributed by atoms with van der Waals surface area (Å²) in [7, 11) is 0. The van der Waals surface area contributed by atoms with Gasteiger partial charge in [0, 0.05) is 30.2 Å². The standard InChI is InChI=1S/C23H32Cl2N4O2/c1-6-11-28(14-22(30)26-21-12-18(24)7-9-20(21)25)23(31)10-8-19-16(4)27-29(17(19)5)13-15(2)3/h7,9,12,15H,6,8,10-11,13-14H2,1-5H3,(H,26,30). The third kappa shape index (κ3) is 7.25. The van der Waals surface area contributed by atoms with E-state index in [2.05, 4.69) is 24.3 Å². The number of nitrogens with zero attached hydrogens (tertiary/aromatic N) is 3. The topological polar surface area (TPSA) is 67.2 Å². The van der Waals surface area contributed by atoms with Gasteiger partial charge in [-0.15, -0.1) is 0 Å². The highest BCUT2D eigenvalue weighted by molar-refractivity contribution is 6.35. The Morgan fingerprint density at radius 1 is 1.23 bits per heavy atom. The van der Waals surface area contributed by atoms with Gasteiger partial charge in [0.1, 0.15) is 0 Å². The number of amides is 2. The summed E-state index contributed by atoms with van der Waals surface area (Å²) in [6.45, 7) is 11.7. The molecule has 0 unspecified atom stereocenters. The Morgan fingerprint density at radius 2 is 1.94 bits per heavy atom. The van der Waals surface area contributed by atoms with Crippen molar-refractivity contribution in [1.29, 1.82) is 0 Å². The first-order chi connectivity index (χ1) is 14.6. The number of hydrogen-bond donors (Lipinski definition) is 1. The normalized spacial score (nSPS) is 11.1. The van der Waals surface area contributed by atoms with E-state index in [1.807, 2.05) is 25.5 Å². The first-order valence-corrected chi connectivity index (χ1v) is 11.4. The van der Waals surface area contributed by atoms with Crippen molar-refractivity contribution in [2.24, 2.45) is 5.92 Å². The van der Waals surface area contributed by atoms with E-state index in [0.29, 0.717) is 41.0 Å². The van der Waals surface area contributed by atoms with Crippen molar-refractivity contribution >= 4 is 40.7 Å². The molecule has 2 rings (SSSR count). The maximum Gasteiger partial charge on any atom is 0.244 e. The number of aryl methyl sites for hydroxylation is 1. The van der Waals surface area contributed by atoms with E-state index in [9.17, 15) is 9.59 Å².